The number of unbranched alkanes of at least 4 members (excludes halogenated alkanes) is 2. The second-order valence-electron chi connectivity index (χ2n) is 7.46. The van der Waals surface area contributed by atoms with E-state index in [1.165, 1.54) is 0 Å². The van der Waals surface area contributed by atoms with Crippen molar-refractivity contribution in [3.63, 3.8) is 0 Å². The van der Waals surface area contributed by atoms with Crippen molar-refractivity contribution in [2.75, 3.05) is 18.4 Å². The van der Waals surface area contributed by atoms with Crippen molar-refractivity contribution in [3.8, 4) is 0 Å². The van der Waals surface area contributed by atoms with Gasteiger partial charge in [0.1, 0.15) is 12.6 Å². The first-order valence-corrected chi connectivity index (χ1v) is 10.3. The van der Waals surface area contributed by atoms with Crippen LogP contribution >= 0.6 is 0 Å². The van der Waals surface area contributed by atoms with E-state index in [1.54, 1.807) is 24.3 Å². The summed E-state index contributed by atoms with van der Waals surface area (Å²) in [6.45, 7) is 4.04. The van der Waals surface area contributed by atoms with Crippen LogP contribution in [-0.4, -0.2) is 42.9 Å². The quantitative estimate of drug-likeness (QED) is 0.290. The molecule has 0 saturated carbocycles. The van der Waals surface area contributed by atoms with E-state index in [2.05, 4.69) is 20.7 Å². The molecule has 0 aliphatic carbocycles. The minimum Gasteiger partial charge on any atom is -0.445 e. The number of hydrogen-bond donors (Lipinski definition) is 5. The third kappa shape index (κ3) is 11.0. The summed E-state index contributed by atoms with van der Waals surface area (Å²) in [4.78, 5) is 47.3. The zero-order valence-corrected chi connectivity index (χ0v) is 18.1. The second kappa shape index (κ2) is 14.0. The molecule has 0 aliphatic rings. The third-order valence-electron chi connectivity index (χ3n) is 4.42. The van der Waals surface area contributed by atoms with Crippen LogP contribution in [0.3, 0.4) is 0 Å². The Balaban J connectivity index is 2.46. The average Bonchev–Trinajstić information content (AvgIpc) is 2.72. The number of ether oxygens (including phenoxy) is 1. The lowest BCUT2D eigenvalue weighted by molar-refractivity contribution is -0.130. The van der Waals surface area contributed by atoms with Gasteiger partial charge in [0, 0.05) is 12.1 Å². The lowest BCUT2D eigenvalue weighted by Gasteiger charge is -2.21. The van der Waals surface area contributed by atoms with E-state index in [9.17, 15) is 19.2 Å². The Labute approximate surface area is 182 Å². The van der Waals surface area contributed by atoms with Gasteiger partial charge in [0.05, 0.1) is 6.54 Å². The zero-order valence-electron chi connectivity index (χ0n) is 18.1. The molecule has 0 fully saturated rings. The molecular weight excluding hydrogens is 402 g/mol. The van der Waals surface area contributed by atoms with Gasteiger partial charge < -0.3 is 32.2 Å². The van der Waals surface area contributed by atoms with Gasteiger partial charge in [-0.25, -0.2) is 4.79 Å². The largest absolute Gasteiger partial charge is 0.445 e. The number of primary amides is 1. The molecule has 4 amide bonds. The van der Waals surface area contributed by atoms with Crippen molar-refractivity contribution in [1.82, 2.24) is 10.6 Å². The van der Waals surface area contributed by atoms with Gasteiger partial charge >= 0.3 is 6.09 Å². The van der Waals surface area contributed by atoms with E-state index in [4.69, 9.17) is 11.5 Å². The molecule has 1 atom stereocenters. The summed E-state index contributed by atoms with van der Waals surface area (Å²) in [5, 5.41) is 7.94. The van der Waals surface area contributed by atoms with Crippen LogP contribution in [0.25, 0.3) is 0 Å². The number of carbonyl (C=O) groups is 4. The molecule has 0 radical (unpaired) electrons. The molecule has 1 rings (SSSR count). The van der Waals surface area contributed by atoms with Crippen LogP contribution in [-0.2, 0) is 25.7 Å². The van der Waals surface area contributed by atoms with Gasteiger partial charge in [0.2, 0.25) is 17.7 Å². The minimum absolute atomic E-state index is 0.0367. The predicted molar refractivity (Wildman–Crippen MR) is 117 cm³/mol. The number of rotatable bonds is 13. The Bertz CT molecular complexity index is 736. The highest BCUT2D eigenvalue weighted by atomic mass is 16.5. The number of nitrogens with one attached hydrogen (secondary N) is 3. The summed E-state index contributed by atoms with van der Waals surface area (Å²) >= 11 is 0. The highest BCUT2D eigenvalue weighted by Gasteiger charge is 2.24. The number of hydrogen-bond acceptors (Lipinski definition) is 6. The maximum atomic E-state index is 12.5. The first-order valence-electron chi connectivity index (χ1n) is 10.3. The first-order chi connectivity index (χ1) is 14.7. The maximum absolute atomic E-state index is 12.5. The molecule has 10 heteroatoms. The molecule has 1 unspecified atom stereocenters. The van der Waals surface area contributed by atoms with Crippen LogP contribution in [0, 0.1) is 5.92 Å². The van der Waals surface area contributed by atoms with Crippen LogP contribution in [0.1, 0.15) is 45.1 Å². The molecule has 0 saturated heterocycles. The monoisotopic (exact) mass is 435 g/mol. The van der Waals surface area contributed by atoms with E-state index in [-0.39, 0.29) is 25.0 Å². The summed E-state index contributed by atoms with van der Waals surface area (Å²) in [6.07, 6.45) is 1.90. The number of amides is 4. The topological polar surface area (TPSA) is 166 Å². The van der Waals surface area contributed by atoms with E-state index < -0.39 is 23.9 Å². The Morgan fingerprint density at radius 2 is 1.68 bits per heavy atom. The van der Waals surface area contributed by atoms with Gasteiger partial charge in [0.25, 0.3) is 0 Å². The molecule has 0 bridgehead atoms. The van der Waals surface area contributed by atoms with Crippen LogP contribution in [0.2, 0.25) is 0 Å². The average molecular weight is 436 g/mol. The predicted octanol–water partition coefficient (Wildman–Crippen LogP) is 0.997. The van der Waals surface area contributed by atoms with Crippen LogP contribution in [0.15, 0.2) is 24.3 Å². The fourth-order valence-electron chi connectivity index (χ4n) is 2.71. The molecule has 7 N–H and O–H groups in total. The van der Waals surface area contributed by atoms with E-state index in [1.807, 2.05) is 13.8 Å². The normalized spacial score (nSPS) is 11.5. The van der Waals surface area contributed by atoms with Crippen molar-refractivity contribution in [1.29, 1.82) is 0 Å². The molecule has 1 aromatic rings. The lowest BCUT2D eigenvalue weighted by Crippen LogP contribution is -2.51. The van der Waals surface area contributed by atoms with E-state index in [0.717, 1.165) is 12.8 Å². The van der Waals surface area contributed by atoms with Gasteiger partial charge in [-0.3, -0.25) is 14.4 Å². The summed E-state index contributed by atoms with van der Waals surface area (Å²) < 4.78 is 4.68. The Morgan fingerprint density at radius 3 is 2.26 bits per heavy atom. The van der Waals surface area contributed by atoms with Crippen LogP contribution in [0.4, 0.5) is 10.5 Å². The number of carbonyl (C=O) groups excluding carboxylic acids is 4. The summed E-state index contributed by atoms with van der Waals surface area (Å²) in [6, 6.07) is 5.91. The fraction of sp³-hybridized carbons (Fsp3) is 0.524. The van der Waals surface area contributed by atoms with Crippen molar-refractivity contribution >= 4 is 29.5 Å². The molecule has 0 spiro atoms. The van der Waals surface area contributed by atoms with Gasteiger partial charge in [0.15, 0.2) is 0 Å². The Morgan fingerprint density at radius 1 is 1.00 bits per heavy atom. The summed E-state index contributed by atoms with van der Waals surface area (Å²) in [5.74, 6) is -1.16. The highest BCUT2D eigenvalue weighted by molar-refractivity contribution is 5.96. The van der Waals surface area contributed by atoms with Gasteiger partial charge in [-0.15, -0.1) is 0 Å². The smallest absolute Gasteiger partial charge is 0.404 e. The highest BCUT2D eigenvalue weighted by Crippen LogP contribution is 2.10. The second-order valence-corrected chi connectivity index (χ2v) is 7.46. The molecule has 10 nitrogen and oxygen atoms in total. The number of anilines is 1. The SMILES string of the molecule is CC(C)C(NC(=O)CCCCCN)C(=O)NCC(=O)Nc1ccc(COC(N)=O)cc1. The Kier molecular flexibility index (Phi) is 11.7. The zero-order chi connectivity index (χ0) is 23.2. The third-order valence-corrected chi connectivity index (χ3v) is 4.42. The van der Waals surface area contributed by atoms with Crippen LogP contribution < -0.4 is 27.4 Å². The van der Waals surface area contributed by atoms with E-state index >= 15 is 0 Å². The standard InChI is InChI=1S/C21H33N5O5/c1-14(2)19(26-17(27)6-4-3-5-11-22)20(29)24-12-18(28)25-16-9-7-15(8-10-16)13-31-21(23)30/h7-10,14,19H,3-6,11-13,22H2,1-2H3,(H2,23,30)(H,24,29)(H,25,28)(H,26,27). The van der Waals surface area contributed by atoms with Crippen molar-refractivity contribution in [2.24, 2.45) is 17.4 Å². The van der Waals surface area contributed by atoms with Gasteiger partial charge in [-0.2, -0.15) is 0 Å². The molecule has 1 aromatic carbocycles. The lowest BCUT2D eigenvalue weighted by atomic mass is 10.0. The van der Waals surface area contributed by atoms with Crippen molar-refractivity contribution in [2.45, 2.75) is 52.2 Å². The van der Waals surface area contributed by atoms with Gasteiger partial charge in [-0.05, 0) is 43.0 Å². The number of benzene rings is 1. The van der Waals surface area contributed by atoms with Gasteiger partial charge in [-0.1, -0.05) is 32.4 Å². The molecule has 0 heterocycles. The molecule has 0 aliphatic heterocycles. The van der Waals surface area contributed by atoms with Crippen LogP contribution in [0.5, 0.6) is 0 Å². The molecule has 0 aromatic heterocycles. The molecular formula is C21H33N5O5. The first kappa shape index (κ1) is 25.9. The minimum atomic E-state index is -0.865. The fourth-order valence-corrected chi connectivity index (χ4v) is 2.71. The summed E-state index contributed by atoms with van der Waals surface area (Å²) in [5.41, 5.74) is 11.6. The number of nitrogens with two attached hydrogens (primary N) is 2. The van der Waals surface area contributed by atoms with Crippen molar-refractivity contribution < 1.29 is 23.9 Å². The van der Waals surface area contributed by atoms with E-state index in [0.29, 0.717) is 30.6 Å². The van der Waals surface area contributed by atoms with Crippen molar-refractivity contribution in [3.05, 3.63) is 29.8 Å². The Hall–Kier alpha value is -3.14. The maximum Gasteiger partial charge on any atom is 0.404 e. The molecule has 31 heavy (non-hydrogen) atoms. The summed E-state index contributed by atoms with van der Waals surface area (Å²) in [7, 11) is 0. The molecule has 172 valence electrons.